The number of sulfonamides is 2. The van der Waals surface area contributed by atoms with Gasteiger partial charge in [0, 0.05) is 12.7 Å². The van der Waals surface area contributed by atoms with Gasteiger partial charge >= 0.3 is 0 Å². The van der Waals surface area contributed by atoms with Gasteiger partial charge < -0.3 is 0 Å². The zero-order valence-corrected chi connectivity index (χ0v) is 15.6. The van der Waals surface area contributed by atoms with Crippen molar-refractivity contribution in [2.24, 2.45) is 0 Å². The number of hydrogen-bond acceptors (Lipinski definition) is 4. The van der Waals surface area contributed by atoms with Crippen molar-refractivity contribution < 1.29 is 16.8 Å². The fourth-order valence-electron chi connectivity index (χ4n) is 2.22. The van der Waals surface area contributed by atoms with Crippen molar-refractivity contribution in [1.82, 2.24) is 0 Å². The standard InChI is InChI=1S/C16H20N2O4S2/c1-12-5-6-13(2)16(11-12)24(21,22)18(3)15-9-7-14(8-10-15)17-23(4,19)20/h5-11,17H,1-4H3. The average molecular weight is 368 g/mol. The average Bonchev–Trinajstić information content (AvgIpc) is 2.48. The Morgan fingerprint density at radius 1 is 0.917 bits per heavy atom. The number of hydrogen-bond donors (Lipinski definition) is 1. The molecule has 0 aliphatic carbocycles. The van der Waals surface area contributed by atoms with Crippen LogP contribution in [0, 0.1) is 13.8 Å². The Kier molecular flexibility index (Phi) is 4.91. The number of anilines is 2. The quantitative estimate of drug-likeness (QED) is 0.879. The van der Waals surface area contributed by atoms with Gasteiger partial charge in [0.15, 0.2) is 0 Å². The second-order valence-corrected chi connectivity index (χ2v) is 9.35. The van der Waals surface area contributed by atoms with Gasteiger partial charge in [-0.1, -0.05) is 12.1 Å². The molecule has 2 rings (SSSR count). The van der Waals surface area contributed by atoms with E-state index in [0.717, 1.165) is 11.8 Å². The lowest BCUT2D eigenvalue weighted by molar-refractivity contribution is 0.593. The molecule has 2 aromatic carbocycles. The van der Waals surface area contributed by atoms with E-state index in [1.165, 1.54) is 23.5 Å². The molecular formula is C16H20N2O4S2. The van der Waals surface area contributed by atoms with E-state index >= 15 is 0 Å². The Bertz CT molecular complexity index is 950. The highest BCUT2D eigenvalue weighted by Crippen LogP contribution is 2.26. The fourth-order valence-corrected chi connectivity index (χ4v) is 4.29. The zero-order chi connectivity index (χ0) is 18.1. The van der Waals surface area contributed by atoms with E-state index in [-0.39, 0.29) is 4.90 Å². The highest BCUT2D eigenvalue weighted by molar-refractivity contribution is 7.93. The van der Waals surface area contributed by atoms with Gasteiger partial charge in [0.05, 0.1) is 16.8 Å². The molecule has 1 N–H and O–H groups in total. The van der Waals surface area contributed by atoms with Crippen LogP contribution in [0.4, 0.5) is 11.4 Å². The number of rotatable bonds is 5. The van der Waals surface area contributed by atoms with Crippen molar-refractivity contribution in [3.8, 4) is 0 Å². The third kappa shape index (κ3) is 4.07. The van der Waals surface area contributed by atoms with Gasteiger partial charge in [-0.3, -0.25) is 9.03 Å². The van der Waals surface area contributed by atoms with Crippen LogP contribution in [0.15, 0.2) is 47.4 Å². The van der Waals surface area contributed by atoms with Crippen molar-refractivity contribution in [3.05, 3.63) is 53.6 Å². The minimum atomic E-state index is -3.70. The number of nitrogens with zero attached hydrogens (tertiary/aromatic N) is 1. The maximum absolute atomic E-state index is 12.8. The van der Waals surface area contributed by atoms with Gasteiger partial charge in [0.1, 0.15) is 0 Å². The molecule has 0 atom stereocenters. The van der Waals surface area contributed by atoms with Crippen LogP contribution in [-0.4, -0.2) is 30.1 Å². The van der Waals surface area contributed by atoms with E-state index in [4.69, 9.17) is 0 Å². The molecule has 0 aliphatic rings. The number of nitrogens with one attached hydrogen (secondary N) is 1. The van der Waals surface area contributed by atoms with Crippen LogP contribution >= 0.6 is 0 Å². The SMILES string of the molecule is Cc1ccc(C)c(S(=O)(=O)N(C)c2ccc(NS(C)(=O)=O)cc2)c1. The minimum Gasteiger partial charge on any atom is -0.284 e. The molecule has 2 aromatic rings. The summed E-state index contributed by atoms with van der Waals surface area (Å²) >= 11 is 0. The molecule has 0 aromatic heterocycles. The number of benzene rings is 2. The summed E-state index contributed by atoms with van der Waals surface area (Å²) in [5.41, 5.74) is 2.34. The first-order chi connectivity index (χ1) is 11.0. The van der Waals surface area contributed by atoms with Crippen LogP contribution in [0.5, 0.6) is 0 Å². The first kappa shape index (κ1) is 18.3. The second kappa shape index (κ2) is 6.45. The van der Waals surface area contributed by atoms with Crippen LogP contribution in [0.3, 0.4) is 0 Å². The molecule has 0 unspecified atom stereocenters. The largest absolute Gasteiger partial charge is 0.284 e. The summed E-state index contributed by atoms with van der Waals surface area (Å²) in [6.07, 6.45) is 1.05. The highest BCUT2D eigenvalue weighted by Gasteiger charge is 2.23. The van der Waals surface area contributed by atoms with Crippen molar-refractivity contribution in [3.63, 3.8) is 0 Å². The van der Waals surface area contributed by atoms with Crippen molar-refractivity contribution in [2.75, 3.05) is 22.3 Å². The van der Waals surface area contributed by atoms with Crippen LogP contribution in [-0.2, 0) is 20.0 Å². The lowest BCUT2D eigenvalue weighted by Crippen LogP contribution is -2.27. The van der Waals surface area contributed by atoms with Crippen LogP contribution < -0.4 is 9.03 Å². The number of aryl methyl sites for hydroxylation is 2. The predicted octanol–water partition coefficient (Wildman–Crippen LogP) is 2.50. The van der Waals surface area contributed by atoms with Crippen LogP contribution in [0.25, 0.3) is 0 Å². The summed E-state index contributed by atoms with van der Waals surface area (Å²) in [6.45, 7) is 3.59. The van der Waals surface area contributed by atoms with E-state index in [0.29, 0.717) is 16.9 Å². The minimum absolute atomic E-state index is 0.253. The van der Waals surface area contributed by atoms with E-state index < -0.39 is 20.0 Å². The summed E-state index contributed by atoms with van der Waals surface area (Å²) in [7, 11) is -5.60. The molecule has 6 nitrogen and oxygen atoms in total. The van der Waals surface area contributed by atoms with Gasteiger partial charge in [-0.05, 0) is 55.3 Å². The van der Waals surface area contributed by atoms with E-state index in [1.54, 1.807) is 31.2 Å². The van der Waals surface area contributed by atoms with E-state index in [2.05, 4.69) is 4.72 Å². The smallest absolute Gasteiger partial charge is 0.264 e. The van der Waals surface area contributed by atoms with Crippen molar-refractivity contribution in [2.45, 2.75) is 18.7 Å². The summed E-state index contributed by atoms with van der Waals surface area (Å²) in [4.78, 5) is 0.253. The Labute approximate surface area is 143 Å². The van der Waals surface area contributed by atoms with Crippen molar-refractivity contribution in [1.29, 1.82) is 0 Å². The molecule has 0 heterocycles. The van der Waals surface area contributed by atoms with Gasteiger partial charge in [0.25, 0.3) is 10.0 Å². The third-order valence-corrected chi connectivity index (χ3v) is 6.05. The first-order valence-corrected chi connectivity index (χ1v) is 10.5. The van der Waals surface area contributed by atoms with Crippen LogP contribution in [0.1, 0.15) is 11.1 Å². The predicted molar refractivity (Wildman–Crippen MR) is 96.4 cm³/mol. The summed E-state index contributed by atoms with van der Waals surface area (Å²) < 4.78 is 51.6. The summed E-state index contributed by atoms with van der Waals surface area (Å²) in [6, 6.07) is 11.4. The molecule has 0 fully saturated rings. The Morgan fingerprint density at radius 2 is 1.50 bits per heavy atom. The van der Waals surface area contributed by atoms with E-state index in [1.807, 2.05) is 13.0 Å². The fraction of sp³-hybridized carbons (Fsp3) is 0.250. The highest BCUT2D eigenvalue weighted by atomic mass is 32.2. The summed E-state index contributed by atoms with van der Waals surface area (Å²) in [5, 5.41) is 0. The molecule has 0 aliphatic heterocycles. The van der Waals surface area contributed by atoms with Gasteiger partial charge in [0.2, 0.25) is 10.0 Å². The lowest BCUT2D eigenvalue weighted by Gasteiger charge is -2.21. The van der Waals surface area contributed by atoms with Crippen molar-refractivity contribution >= 4 is 31.4 Å². The van der Waals surface area contributed by atoms with Crippen LogP contribution in [0.2, 0.25) is 0 Å². The normalized spacial score (nSPS) is 12.0. The Morgan fingerprint density at radius 3 is 2.04 bits per heavy atom. The third-order valence-electron chi connectivity index (χ3n) is 3.52. The molecule has 0 spiro atoms. The monoisotopic (exact) mass is 368 g/mol. The van der Waals surface area contributed by atoms with Gasteiger partial charge in [-0.25, -0.2) is 16.8 Å². The Hall–Kier alpha value is -2.06. The maximum atomic E-state index is 12.8. The molecule has 0 amide bonds. The molecule has 0 bridgehead atoms. The molecular weight excluding hydrogens is 348 g/mol. The molecule has 8 heteroatoms. The zero-order valence-electron chi connectivity index (χ0n) is 13.9. The second-order valence-electron chi connectivity index (χ2n) is 5.66. The lowest BCUT2D eigenvalue weighted by atomic mass is 10.2. The maximum Gasteiger partial charge on any atom is 0.264 e. The first-order valence-electron chi connectivity index (χ1n) is 7.15. The molecule has 0 saturated carbocycles. The molecule has 24 heavy (non-hydrogen) atoms. The topological polar surface area (TPSA) is 83.6 Å². The molecule has 0 saturated heterocycles. The Balaban J connectivity index is 2.37. The molecule has 130 valence electrons. The van der Waals surface area contributed by atoms with Gasteiger partial charge in [-0.2, -0.15) is 0 Å². The van der Waals surface area contributed by atoms with E-state index in [9.17, 15) is 16.8 Å². The van der Waals surface area contributed by atoms with Gasteiger partial charge in [-0.15, -0.1) is 0 Å². The summed E-state index contributed by atoms with van der Waals surface area (Å²) in [5.74, 6) is 0. The molecule has 0 radical (unpaired) electrons.